The van der Waals surface area contributed by atoms with Crippen LogP contribution in [0.25, 0.3) is 5.57 Å². The van der Waals surface area contributed by atoms with E-state index >= 15 is 0 Å². The first-order chi connectivity index (χ1) is 10.6. The Labute approximate surface area is 133 Å². The monoisotopic (exact) mass is 314 g/mol. The third kappa shape index (κ3) is 2.60. The second-order valence-electron chi connectivity index (χ2n) is 5.18. The minimum Gasteiger partial charge on any atom is -0.496 e. The maximum atomic E-state index is 11.2. The molecule has 3 rings (SSSR count). The first kappa shape index (κ1) is 14.7. The van der Waals surface area contributed by atoms with Gasteiger partial charge in [0, 0.05) is 10.6 Å². The van der Waals surface area contributed by atoms with Crippen LogP contribution in [0.5, 0.6) is 5.75 Å². The van der Waals surface area contributed by atoms with Crippen molar-refractivity contribution >= 4 is 23.1 Å². The Morgan fingerprint density at radius 2 is 2.00 bits per heavy atom. The van der Waals surface area contributed by atoms with Gasteiger partial charge in [0.2, 0.25) is 0 Å². The fourth-order valence-electron chi connectivity index (χ4n) is 2.80. The van der Waals surface area contributed by atoms with E-state index in [1.54, 1.807) is 25.3 Å². The predicted octanol–water partition coefficient (Wildman–Crippen LogP) is 4.42. The van der Waals surface area contributed by atoms with Crippen LogP contribution in [0.1, 0.15) is 33.5 Å². The minimum atomic E-state index is -0.921. The number of hydrogen-bond donors (Lipinski definition) is 1. The summed E-state index contributed by atoms with van der Waals surface area (Å²) in [5.41, 5.74) is 4.32. The molecule has 0 radical (unpaired) electrons. The molecule has 0 aromatic heterocycles. The SMILES string of the molecule is COc1cc(Cl)ccc1C1=CCCc2ccc(C(=O)O)cc21. The van der Waals surface area contributed by atoms with Gasteiger partial charge in [-0.25, -0.2) is 4.79 Å². The van der Waals surface area contributed by atoms with Gasteiger partial charge in [-0.3, -0.25) is 0 Å². The van der Waals surface area contributed by atoms with Crippen LogP contribution >= 0.6 is 11.6 Å². The molecule has 0 aliphatic heterocycles. The summed E-state index contributed by atoms with van der Waals surface area (Å²) in [6.45, 7) is 0. The number of rotatable bonds is 3. The highest BCUT2D eigenvalue weighted by Crippen LogP contribution is 2.37. The van der Waals surface area contributed by atoms with Crippen molar-refractivity contribution in [3.8, 4) is 5.75 Å². The summed E-state index contributed by atoms with van der Waals surface area (Å²) in [6, 6.07) is 10.8. The Morgan fingerprint density at radius 3 is 2.73 bits per heavy atom. The van der Waals surface area contributed by atoms with E-state index in [0.717, 1.165) is 35.1 Å². The molecule has 0 atom stereocenters. The number of benzene rings is 2. The molecule has 0 unspecified atom stereocenters. The molecule has 22 heavy (non-hydrogen) atoms. The summed E-state index contributed by atoms with van der Waals surface area (Å²) in [7, 11) is 1.60. The lowest BCUT2D eigenvalue weighted by atomic mass is 9.85. The van der Waals surface area contributed by atoms with Gasteiger partial charge in [0.1, 0.15) is 5.75 Å². The van der Waals surface area contributed by atoms with Gasteiger partial charge in [0.25, 0.3) is 0 Å². The fourth-order valence-corrected chi connectivity index (χ4v) is 2.96. The van der Waals surface area contributed by atoms with Crippen molar-refractivity contribution in [3.05, 3.63) is 69.8 Å². The summed E-state index contributed by atoms with van der Waals surface area (Å²) in [5.74, 6) is -0.233. The average molecular weight is 315 g/mol. The molecule has 112 valence electrons. The van der Waals surface area contributed by atoms with Crippen molar-refractivity contribution in [2.75, 3.05) is 7.11 Å². The van der Waals surface area contributed by atoms with Gasteiger partial charge in [-0.15, -0.1) is 0 Å². The minimum absolute atomic E-state index is 0.291. The summed E-state index contributed by atoms with van der Waals surface area (Å²) in [6.07, 6.45) is 3.95. The van der Waals surface area contributed by atoms with E-state index in [0.29, 0.717) is 16.3 Å². The number of aryl methyl sites for hydroxylation is 1. The summed E-state index contributed by atoms with van der Waals surface area (Å²) < 4.78 is 5.43. The lowest BCUT2D eigenvalue weighted by molar-refractivity contribution is 0.0697. The van der Waals surface area contributed by atoms with Crippen LogP contribution in [0.3, 0.4) is 0 Å². The van der Waals surface area contributed by atoms with Crippen LogP contribution in [0.4, 0.5) is 0 Å². The van der Waals surface area contributed by atoms with Gasteiger partial charge in [0.15, 0.2) is 0 Å². The summed E-state index contributed by atoms with van der Waals surface area (Å²) >= 11 is 6.02. The highest BCUT2D eigenvalue weighted by molar-refractivity contribution is 6.30. The van der Waals surface area contributed by atoms with Crippen LogP contribution in [-0.2, 0) is 6.42 Å². The van der Waals surface area contributed by atoms with E-state index in [9.17, 15) is 9.90 Å². The van der Waals surface area contributed by atoms with E-state index in [2.05, 4.69) is 6.08 Å². The zero-order chi connectivity index (χ0) is 15.7. The molecule has 2 aromatic rings. The number of halogens is 1. The van der Waals surface area contributed by atoms with Gasteiger partial charge in [0.05, 0.1) is 12.7 Å². The molecule has 0 amide bonds. The maximum absolute atomic E-state index is 11.2. The Morgan fingerprint density at radius 1 is 1.18 bits per heavy atom. The molecular formula is C18H15ClO3. The Bertz CT molecular complexity index is 778. The number of ether oxygens (including phenoxy) is 1. The van der Waals surface area contributed by atoms with Gasteiger partial charge in [-0.05, 0) is 59.9 Å². The quantitative estimate of drug-likeness (QED) is 0.912. The molecule has 1 N–H and O–H groups in total. The molecule has 2 aromatic carbocycles. The topological polar surface area (TPSA) is 46.5 Å². The third-order valence-electron chi connectivity index (χ3n) is 3.86. The zero-order valence-corrected chi connectivity index (χ0v) is 12.9. The molecule has 0 fully saturated rings. The molecule has 0 saturated heterocycles. The van der Waals surface area contributed by atoms with Gasteiger partial charge < -0.3 is 9.84 Å². The molecule has 0 heterocycles. The highest BCUT2D eigenvalue weighted by Gasteiger charge is 2.19. The largest absolute Gasteiger partial charge is 0.496 e. The molecule has 0 spiro atoms. The highest BCUT2D eigenvalue weighted by atomic mass is 35.5. The normalized spacial score (nSPS) is 13.3. The second kappa shape index (κ2) is 5.85. The van der Waals surface area contributed by atoms with Crippen molar-refractivity contribution < 1.29 is 14.6 Å². The standard InChI is InChI=1S/C18H15ClO3/c1-22-17-10-13(19)7-8-15(17)14-4-2-3-11-5-6-12(18(20)21)9-16(11)14/h4-10H,2-3H2,1H3,(H,20,21). The number of carboxylic acid groups (broad SMARTS) is 1. The van der Waals surface area contributed by atoms with E-state index < -0.39 is 5.97 Å². The van der Waals surface area contributed by atoms with Crippen molar-refractivity contribution in [2.45, 2.75) is 12.8 Å². The van der Waals surface area contributed by atoms with Crippen molar-refractivity contribution in [1.82, 2.24) is 0 Å². The number of methoxy groups -OCH3 is 1. The van der Waals surface area contributed by atoms with E-state index in [-0.39, 0.29) is 0 Å². The first-order valence-corrected chi connectivity index (χ1v) is 7.38. The number of carboxylic acids is 1. The number of carbonyl (C=O) groups is 1. The van der Waals surface area contributed by atoms with Crippen molar-refractivity contribution in [2.24, 2.45) is 0 Å². The average Bonchev–Trinajstić information content (AvgIpc) is 2.53. The predicted molar refractivity (Wildman–Crippen MR) is 86.8 cm³/mol. The van der Waals surface area contributed by atoms with Crippen LogP contribution in [0.15, 0.2) is 42.5 Å². The molecule has 4 heteroatoms. The van der Waals surface area contributed by atoms with Gasteiger partial charge >= 0.3 is 5.97 Å². The molecule has 3 nitrogen and oxygen atoms in total. The molecule has 0 bridgehead atoms. The molecule has 1 aliphatic carbocycles. The van der Waals surface area contributed by atoms with Gasteiger partial charge in [-0.2, -0.15) is 0 Å². The molecular weight excluding hydrogens is 300 g/mol. The number of fused-ring (bicyclic) bond motifs is 1. The Balaban J connectivity index is 2.16. The number of allylic oxidation sites excluding steroid dienone is 1. The maximum Gasteiger partial charge on any atom is 0.335 e. The van der Waals surface area contributed by atoms with Gasteiger partial charge in [-0.1, -0.05) is 23.7 Å². The molecule has 1 aliphatic rings. The van der Waals surface area contributed by atoms with Crippen molar-refractivity contribution in [3.63, 3.8) is 0 Å². The summed E-state index contributed by atoms with van der Waals surface area (Å²) in [5, 5.41) is 9.83. The van der Waals surface area contributed by atoms with E-state index in [4.69, 9.17) is 16.3 Å². The fraction of sp³-hybridized carbons (Fsp3) is 0.167. The van der Waals surface area contributed by atoms with Crippen LogP contribution in [-0.4, -0.2) is 18.2 Å². The summed E-state index contributed by atoms with van der Waals surface area (Å²) in [4.78, 5) is 11.2. The molecule has 0 saturated carbocycles. The van der Waals surface area contributed by atoms with Crippen LogP contribution < -0.4 is 4.74 Å². The lowest BCUT2D eigenvalue weighted by Gasteiger charge is -2.20. The third-order valence-corrected chi connectivity index (χ3v) is 4.10. The number of hydrogen-bond acceptors (Lipinski definition) is 2. The Hall–Kier alpha value is -2.26. The first-order valence-electron chi connectivity index (χ1n) is 7.01. The van der Waals surface area contributed by atoms with Crippen LogP contribution in [0, 0.1) is 0 Å². The zero-order valence-electron chi connectivity index (χ0n) is 12.1. The van der Waals surface area contributed by atoms with E-state index in [1.165, 1.54) is 0 Å². The van der Waals surface area contributed by atoms with Crippen LogP contribution in [0.2, 0.25) is 5.02 Å². The second-order valence-corrected chi connectivity index (χ2v) is 5.61. The van der Waals surface area contributed by atoms with E-state index in [1.807, 2.05) is 18.2 Å². The lowest BCUT2D eigenvalue weighted by Crippen LogP contribution is -2.05. The smallest absolute Gasteiger partial charge is 0.335 e. The van der Waals surface area contributed by atoms with Crippen molar-refractivity contribution in [1.29, 1.82) is 0 Å². The number of aromatic carboxylic acids is 1. The Kier molecular flexibility index (Phi) is 3.90.